The Kier molecular flexibility index (Phi) is 3.24. The lowest BCUT2D eigenvalue weighted by molar-refractivity contribution is 1.46. The van der Waals surface area contributed by atoms with Gasteiger partial charge in [-0.05, 0) is 30.0 Å². The minimum atomic E-state index is 1.05. The molecule has 0 aliphatic heterocycles. The summed E-state index contributed by atoms with van der Waals surface area (Å²) < 4.78 is 1.24. The van der Waals surface area contributed by atoms with Gasteiger partial charge < -0.3 is 0 Å². The second kappa shape index (κ2) is 5.39. The molecule has 2 heteroatoms. The summed E-state index contributed by atoms with van der Waals surface area (Å²) in [6, 6.07) is 21.3. The monoisotopic (exact) mass is 301 g/mol. The van der Waals surface area contributed by atoms with E-state index in [1.165, 1.54) is 26.6 Å². The highest BCUT2D eigenvalue weighted by Crippen LogP contribution is 2.30. The van der Waals surface area contributed by atoms with Gasteiger partial charge in [-0.25, -0.2) is 4.98 Å². The molecule has 0 amide bonds. The van der Waals surface area contributed by atoms with E-state index in [0.29, 0.717) is 0 Å². The number of hydrogen-bond donors (Lipinski definition) is 0. The molecule has 0 spiro atoms. The highest BCUT2D eigenvalue weighted by Gasteiger charge is 2.05. The van der Waals surface area contributed by atoms with Crippen molar-refractivity contribution in [3.63, 3.8) is 0 Å². The molecule has 1 heterocycles. The highest BCUT2D eigenvalue weighted by molar-refractivity contribution is 7.19. The van der Waals surface area contributed by atoms with Crippen molar-refractivity contribution in [2.75, 3.05) is 0 Å². The predicted octanol–water partition coefficient (Wildman–Crippen LogP) is 5.93. The molecule has 0 fully saturated rings. The molecule has 0 aliphatic carbocycles. The highest BCUT2D eigenvalue weighted by atomic mass is 32.1. The van der Waals surface area contributed by atoms with Crippen molar-refractivity contribution in [1.82, 2.24) is 4.98 Å². The molecule has 1 nitrogen and oxygen atoms in total. The SMILES string of the molecule is Cc1ccc(/C=C/c2nc3c(ccc4ccccc43)s2)cc1. The standard InChI is InChI=1S/C20H15NS/c1-14-6-8-15(9-7-14)10-13-19-21-20-17-5-3-2-4-16(17)11-12-18(20)22-19/h2-13H,1H3/b13-10+. The van der Waals surface area contributed by atoms with Crippen LogP contribution in [0.25, 0.3) is 33.1 Å². The molecule has 106 valence electrons. The molecule has 3 aromatic carbocycles. The lowest BCUT2D eigenvalue weighted by Crippen LogP contribution is -1.75. The Balaban J connectivity index is 1.76. The Morgan fingerprint density at radius 2 is 1.68 bits per heavy atom. The first-order valence-electron chi connectivity index (χ1n) is 7.33. The summed E-state index contributed by atoms with van der Waals surface area (Å²) in [5, 5.41) is 3.52. The normalized spacial score (nSPS) is 11.7. The minimum Gasteiger partial charge on any atom is -0.236 e. The molecule has 4 aromatic rings. The van der Waals surface area contributed by atoms with Crippen LogP contribution >= 0.6 is 11.3 Å². The fourth-order valence-corrected chi connectivity index (χ4v) is 3.48. The first-order chi connectivity index (χ1) is 10.8. The predicted molar refractivity (Wildman–Crippen MR) is 97.2 cm³/mol. The van der Waals surface area contributed by atoms with E-state index < -0.39 is 0 Å². The number of rotatable bonds is 2. The molecule has 0 atom stereocenters. The third-order valence-corrected chi connectivity index (χ3v) is 4.78. The average molecular weight is 301 g/mol. The number of aromatic nitrogens is 1. The lowest BCUT2D eigenvalue weighted by Gasteiger charge is -1.96. The summed E-state index contributed by atoms with van der Waals surface area (Å²) in [6.07, 6.45) is 4.23. The van der Waals surface area contributed by atoms with E-state index in [-0.39, 0.29) is 0 Å². The summed E-state index contributed by atoms with van der Waals surface area (Å²) in [7, 11) is 0. The summed E-state index contributed by atoms with van der Waals surface area (Å²) in [4.78, 5) is 4.81. The first kappa shape index (κ1) is 13.2. The van der Waals surface area contributed by atoms with Crippen LogP contribution in [0, 0.1) is 6.92 Å². The number of benzene rings is 3. The molecule has 0 N–H and O–H groups in total. The third kappa shape index (κ3) is 2.42. The Morgan fingerprint density at radius 1 is 0.864 bits per heavy atom. The Bertz CT molecular complexity index is 978. The van der Waals surface area contributed by atoms with Gasteiger partial charge in [0.1, 0.15) is 5.01 Å². The summed E-state index contributed by atoms with van der Waals surface area (Å²) in [5.74, 6) is 0. The molecular weight excluding hydrogens is 286 g/mol. The zero-order valence-electron chi connectivity index (χ0n) is 12.3. The maximum Gasteiger partial charge on any atom is 0.117 e. The van der Waals surface area contributed by atoms with Crippen LogP contribution in [-0.4, -0.2) is 4.98 Å². The van der Waals surface area contributed by atoms with Gasteiger partial charge in [-0.15, -0.1) is 11.3 Å². The Morgan fingerprint density at radius 3 is 2.55 bits per heavy atom. The smallest absolute Gasteiger partial charge is 0.117 e. The quantitative estimate of drug-likeness (QED) is 0.447. The number of thiazole rings is 1. The van der Waals surface area contributed by atoms with E-state index in [2.05, 4.69) is 79.7 Å². The van der Waals surface area contributed by atoms with Crippen LogP contribution in [0.5, 0.6) is 0 Å². The molecule has 4 rings (SSSR count). The molecule has 0 unspecified atom stereocenters. The molecular formula is C20H15NS. The van der Waals surface area contributed by atoms with Gasteiger partial charge in [-0.2, -0.15) is 0 Å². The van der Waals surface area contributed by atoms with Crippen molar-refractivity contribution in [1.29, 1.82) is 0 Å². The van der Waals surface area contributed by atoms with Gasteiger partial charge in [0.2, 0.25) is 0 Å². The Hall–Kier alpha value is -2.45. The van der Waals surface area contributed by atoms with Crippen molar-refractivity contribution < 1.29 is 0 Å². The van der Waals surface area contributed by atoms with Gasteiger partial charge in [0.05, 0.1) is 10.2 Å². The fraction of sp³-hybridized carbons (Fsp3) is 0.0500. The molecule has 0 radical (unpaired) electrons. The van der Waals surface area contributed by atoms with Crippen molar-refractivity contribution >= 4 is 44.5 Å². The average Bonchev–Trinajstić information content (AvgIpc) is 2.98. The van der Waals surface area contributed by atoms with Crippen LogP contribution in [0.1, 0.15) is 16.1 Å². The third-order valence-electron chi connectivity index (χ3n) is 3.80. The van der Waals surface area contributed by atoms with Gasteiger partial charge >= 0.3 is 0 Å². The van der Waals surface area contributed by atoms with Crippen molar-refractivity contribution in [2.24, 2.45) is 0 Å². The van der Waals surface area contributed by atoms with Gasteiger partial charge in [0.25, 0.3) is 0 Å². The zero-order valence-corrected chi connectivity index (χ0v) is 13.1. The maximum atomic E-state index is 4.81. The van der Waals surface area contributed by atoms with E-state index in [4.69, 9.17) is 4.98 Å². The fourth-order valence-electron chi connectivity index (χ4n) is 2.59. The number of fused-ring (bicyclic) bond motifs is 3. The van der Waals surface area contributed by atoms with Crippen molar-refractivity contribution in [3.05, 3.63) is 76.8 Å². The van der Waals surface area contributed by atoms with E-state index >= 15 is 0 Å². The largest absolute Gasteiger partial charge is 0.236 e. The lowest BCUT2D eigenvalue weighted by atomic mass is 10.1. The maximum absolute atomic E-state index is 4.81. The topological polar surface area (TPSA) is 12.9 Å². The van der Waals surface area contributed by atoms with Gasteiger partial charge in [0, 0.05) is 5.39 Å². The van der Waals surface area contributed by atoms with Crippen molar-refractivity contribution in [2.45, 2.75) is 6.92 Å². The molecule has 0 saturated heterocycles. The van der Waals surface area contributed by atoms with Gasteiger partial charge in [0.15, 0.2) is 0 Å². The first-order valence-corrected chi connectivity index (χ1v) is 8.14. The Labute approximate surface area is 133 Å². The second-order valence-corrected chi connectivity index (χ2v) is 6.49. The van der Waals surface area contributed by atoms with E-state index in [9.17, 15) is 0 Å². The van der Waals surface area contributed by atoms with Crippen molar-refractivity contribution in [3.8, 4) is 0 Å². The molecule has 22 heavy (non-hydrogen) atoms. The molecule has 0 aliphatic rings. The van der Waals surface area contributed by atoms with Crippen LogP contribution in [-0.2, 0) is 0 Å². The van der Waals surface area contributed by atoms with Crippen LogP contribution in [0.4, 0.5) is 0 Å². The van der Waals surface area contributed by atoms with E-state index in [1.807, 2.05) is 0 Å². The van der Waals surface area contributed by atoms with E-state index in [1.54, 1.807) is 11.3 Å². The van der Waals surface area contributed by atoms with Gasteiger partial charge in [-0.3, -0.25) is 0 Å². The summed E-state index contributed by atoms with van der Waals surface area (Å²) >= 11 is 1.74. The molecule has 1 aromatic heterocycles. The summed E-state index contributed by atoms with van der Waals surface area (Å²) in [5.41, 5.74) is 3.59. The number of hydrogen-bond acceptors (Lipinski definition) is 2. The van der Waals surface area contributed by atoms with Crippen LogP contribution in [0.3, 0.4) is 0 Å². The second-order valence-electron chi connectivity index (χ2n) is 5.43. The summed E-state index contributed by atoms with van der Waals surface area (Å²) in [6.45, 7) is 2.10. The number of nitrogens with zero attached hydrogens (tertiary/aromatic N) is 1. The van der Waals surface area contributed by atoms with Crippen LogP contribution in [0.15, 0.2) is 60.7 Å². The van der Waals surface area contributed by atoms with Gasteiger partial charge in [-0.1, -0.05) is 66.2 Å². The van der Waals surface area contributed by atoms with Crippen LogP contribution < -0.4 is 0 Å². The molecule has 0 saturated carbocycles. The van der Waals surface area contributed by atoms with Crippen LogP contribution in [0.2, 0.25) is 0 Å². The van der Waals surface area contributed by atoms with E-state index in [0.717, 1.165) is 10.5 Å². The molecule has 0 bridgehead atoms. The minimum absolute atomic E-state index is 1.05. The zero-order chi connectivity index (χ0) is 14.9. The number of aryl methyl sites for hydroxylation is 1.